The first-order chi connectivity index (χ1) is 10.2. The van der Waals surface area contributed by atoms with Crippen molar-refractivity contribution in [1.29, 1.82) is 0 Å². The van der Waals surface area contributed by atoms with E-state index >= 15 is 0 Å². The summed E-state index contributed by atoms with van der Waals surface area (Å²) in [7, 11) is 0. The molecule has 2 N–H and O–H groups in total. The summed E-state index contributed by atoms with van der Waals surface area (Å²) in [5.41, 5.74) is 7.05. The van der Waals surface area contributed by atoms with E-state index in [1.54, 1.807) is 12.3 Å². The number of hydrogen-bond acceptors (Lipinski definition) is 4. The van der Waals surface area contributed by atoms with Gasteiger partial charge < -0.3 is 15.5 Å². The number of nitrogens with two attached hydrogens (primary N) is 1. The number of piperidine rings is 1. The number of nitrogens with zero attached hydrogens (tertiary/aromatic N) is 3. The van der Waals surface area contributed by atoms with Gasteiger partial charge in [-0.3, -0.25) is 9.78 Å². The van der Waals surface area contributed by atoms with Crippen LogP contribution in [0.25, 0.3) is 0 Å². The van der Waals surface area contributed by atoms with Gasteiger partial charge in [0.05, 0.1) is 18.3 Å². The number of pyridine rings is 1. The van der Waals surface area contributed by atoms with Crippen molar-refractivity contribution < 1.29 is 4.79 Å². The Kier molecular flexibility index (Phi) is 4.39. The molecule has 0 unspecified atom stereocenters. The average molecular weight is 288 g/mol. The molecule has 1 aromatic rings. The van der Waals surface area contributed by atoms with Crippen molar-refractivity contribution >= 4 is 11.6 Å². The Morgan fingerprint density at radius 2 is 1.90 bits per heavy atom. The maximum absolute atomic E-state index is 12.3. The van der Waals surface area contributed by atoms with Crippen LogP contribution in [0.1, 0.15) is 31.4 Å². The highest BCUT2D eigenvalue weighted by Crippen LogP contribution is 2.21. The molecule has 3 rings (SSSR count). The van der Waals surface area contributed by atoms with Crippen molar-refractivity contribution in [2.24, 2.45) is 0 Å². The lowest BCUT2D eigenvalue weighted by Crippen LogP contribution is -2.46. The summed E-state index contributed by atoms with van der Waals surface area (Å²) in [6.45, 7) is 4.26. The van der Waals surface area contributed by atoms with Crippen LogP contribution >= 0.6 is 0 Å². The summed E-state index contributed by atoms with van der Waals surface area (Å²) in [5.74, 6) is 0.187. The fourth-order valence-electron chi connectivity index (χ4n) is 3.39. The number of aromatic nitrogens is 1. The Bertz CT molecular complexity index is 474. The predicted octanol–water partition coefficient (Wildman–Crippen LogP) is 1.29. The molecule has 0 atom stereocenters. The first-order valence-corrected chi connectivity index (χ1v) is 7.94. The zero-order valence-electron chi connectivity index (χ0n) is 12.5. The van der Waals surface area contributed by atoms with Crippen LogP contribution in [0.5, 0.6) is 0 Å². The highest BCUT2D eigenvalue weighted by molar-refractivity contribution is 5.78. The number of amides is 1. The highest BCUT2D eigenvalue weighted by Gasteiger charge is 2.28. The number of nitrogen functional groups attached to an aromatic ring is 1. The second kappa shape index (κ2) is 6.43. The summed E-state index contributed by atoms with van der Waals surface area (Å²) in [6, 6.07) is 4.32. The molecule has 0 aliphatic carbocycles. The summed E-state index contributed by atoms with van der Waals surface area (Å²) in [4.78, 5) is 21.1. The molecule has 0 bridgehead atoms. The summed E-state index contributed by atoms with van der Waals surface area (Å²) >= 11 is 0. The number of rotatable bonds is 3. The smallest absolute Gasteiger partial charge is 0.228 e. The van der Waals surface area contributed by atoms with Gasteiger partial charge in [0.15, 0.2) is 0 Å². The van der Waals surface area contributed by atoms with Gasteiger partial charge >= 0.3 is 0 Å². The molecule has 0 radical (unpaired) electrons. The lowest BCUT2D eigenvalue weighted by atomic mass is 10.0. The van der Waals surface area contributed by atoms with Crippen LogP contribution in [0.3, 0.4) is 0 Å². The molecule has 5 nitrogen and oxygen atoms in total. The fraction of sp³-hybridized carbons (Fsp3) is 0.625. The zero-order valence-corrected chi connectivity index (χ0v) is 12.5. The third kappa shape index (κ3) is 3.53. The SMILES string of the molecule is Nc1ccc(CC(=O)N2CCC(N3CCCC3)CC2)nc1. The molecule has 0 aromatic carbocycles. The molecule has 3 heterocycles. The lowest BCUT2D eigenvalue weighted by Gasteiger charge is -2.36. The second-order valence-electron chi connectivity index (χ2n) is 6.11. The van der Waals surface area contributed by atoms with Crippen LogP contribution in [0.2, 0.25) is 0 Å². The number of carbonyl (C=O) groups excluding carboxylic acids is 1. The van der Waals surface area contributed by atoms with E-state index in [2.05, 4.69) is 9.88 Å². The topological polar surface area (TPSA) is 62.5 Å². The summed E-state index contributed by atoms with van der Waals surface area (Å²) in [6.07, 6.45) is 6.89. The minimum atomic E-state index is 0.187. The molecule has 2 fully saturated rings. The van der Waals surface area contributed by atoms with Crippen LogP contribution in [0.4, 0.5) is 5.69 Å². The maximum Gasteiger partial charge on any atom is 0.228 e. The molecule has 2 saturated heterocycles. The summed E-state index contributed by atoms with van der Waals surface area (Å²) < 4.78 is 0. The minimum Gasteiger partial charge on any atom is -0.397 e. The van der Waals surface area contributed by atoms with Crippen LogP contribution < -0.4 is 5.73 Å². The second-order valence-corrected chi connectivity index (χ2v) is 6.11. The van der Waals surface area contributed by atoms with E-state index in [1.165, 1.54) is 25.9 Å². The van der Waals surface area contributed by atoms with Crippen molar-refractivity contribution in [2.75, 3.05) is 31.9 Å². The van der Waals surface area contributed by atoms with Crippen molar-refractivity contribution in [2.45, 2.75) is 38.1 Å². The van der Waals surface area contributed by atoms with E-state index in [0.29, 0.717) is 18.2 Å². The maximum atomic E-state index is 12.3. The van der Waals surface area contributed by atoms with E-state index < -0.39 is 0 Å². The van der Waals surface area contributed by atoms with Crippen molar-refractivity contribution in [3.05, 3.63) is 24.0 Å². The van der Waals surface area contributed by atoms with E-state index in [4.69, 9.17) is 5.73 Å². The van der Waals surface area contributed by atoms with Gasteiger partial charge in [0.1, 0.15) is 0 Å². The lowest BCUT2D eigenvalue weighted by molar-refractivity contribution is -0.132. The van der Waals surface area contributed by atoms with Crippen LogP contribution in [-0.4, -0.2) is 52.9 Å². The van der Waals surface area contributed by atoms with Crippen molar-refractivity contribution in [3.8, 4) is 0 Å². The number of likely N-dealkylation sites (tertiary alicyclic amines) is 2. The largest absolute Gasteiger partial charge is 0.397 e. The minimum absolute atomic E-state index is 0.187. The zero-order chi connectivity index (χ0) is 14.7. The molecule has 2 aliphatic rings. The standard InChI is InChI=1S/C16H24N4O/c17-13-3-4-14(18-12-13)11-16(21)20-9-5-15(6-10-20)19-7-1-2-8-19/h3-4,12,15H,1-2,5-11,17H2. The molecular formula is C16H24N4O. The quantitative estimate of drug-likeness (QED) is 0.910. The van der Waals surface area contributed by atoms with Crippen LogP contribution in [-0.2, 0) is 11.2 Å². The normalized spacial score (nSPS) is 20.9. The monoisotopic (exact) mass is 288 g/mol. The predicted molar refractivity (Wildman–Crippen MR) is 82.8 cm³/mol. The van der Waals surface area contributed by atoms with Crippen LogP contribution in [0, 0.1) is 0 Å². The molecular weight excluding hydrogens is 264 g/mol. The third-order valence-electron chi connectivity index (χ3n) is 4.65. The van der Waals surface area contributed by atoms with Gasteiger partial charge in [-0.15, -0.1) is 0 Å². The van der Waals surface area contributed by atoms with Crippen molar-refractivity contribution in [1.82, 2.24) is 14.8 Å². The van der Waals surface area contributed by atoms with E-state index in [-0.39, 0.29) is 5.91 Å². The number of carbonyl (C=O) groups is 1. The van der Waals surface area contributed by atoms with Gasteiger partial charge in [0.25, 0.3) is 0 Å². The molecule has 0 saturated carbocycles. The third-order valence-corrected chi connectivity index (χ3v) is 4.65. The Morgan fingerprint density at radius 1 is 1.19 bits per heavy atom. The van der Waals surface area contributed by atoms with Crippen molar-refractivity contribution in [3.63, 3.8) is 0 Å². The van der Waals surface area contributed by atoms with Gasteiger partial charge in [-0.1, -0.05) is 0 Å². The fourth-order valence-corrected chi connectivity index (χ4v) is 3.39. The molecule has 1 aromatic heterocycles. The van der Waals surface area contributed by atoms with Gasteiger partial charge in [-0.2, -0.15) is 0 Å². The molecule has 0 spiro atoms. The first kappa shape index (κ1) is 14.3. The van der Waals surface area contributed by atoms with Crippen LogP contribution in [0.15, 0.2) is 18.3 Å². The Morgan fingerprint density at radius 3 is 2.52 bits per heavy atom. The van der Waals surface area contributed by atoms with Gasteiger partial charge in [0, 0.05) is 24.8 Å². The highest BCUT2D eigenvalue weighted by atomic mass is 16.2. The molecule has 2 aliphatic heterocycles. The van der Waals surface area contributed by atoms with E-state index in [0.717, 1.165) is 31.6 Å². The average Bonchev–Trinajstić information content (AvgIpc) is 3.04. The Hall–Kier alpha value is -1.62. The van der Waals surface area contributed by atoms with Gasteiger partial charge in [-0.05, 0) is 50.9 Å². The molecule has 114 valence electrons. The molecule has 1 amide bonds. The Balaban J connectivity index is 1.49. The number of anilines is 1. The molecule has 21 heavy (non-hydrogen) atoms. The first-order valence-electron chi connectivity index (χ1n) is 7.94. The number of hydrogen-bond donors (Lipinski definition) is 1. The van der Waals surface area contributed by atoms with E-state index in [9.17, 15) is 4.79 Å². The van der Waals surface area contributed by atoms with E-state index in [1.807, 2.05) is 11.0 Å². The Labute approximate surface area is 126 Å². The van der Waals surface area contributed by atoms with Gasteiger partial charge in [0.2, 0.25) is 5.91 Å². The molecule has 5 heteroatoms. The van der Waals surface area contributed by atoms with Gasteiger partial charge in [-0.25, -0.2) is 0 Å². The summed E-state index contributed by atoms with van der Waals surface area (Å²) in [5, 5.41) is 0.